The highest BCUT2D eigenvalue weighted by molar-refractivity contribution is 8.17. The van der Waals surface area contributed by atoms with Crippen LogP contribution in [0.5, 0.6) is 0 Å². The number of likely N-dealkylation sites (tertiary alicyclic amines) is 1. The molecule has 0 radical (unpaired) electrons. The van der Waals surface area contributed by atoms with Crippen molar-refractivity contribution in [2.45, 2.75) is 51.5 Å². The first kappa shape index (κ1) is 21.8. The van der Waals surface area contributed by atoms with E-state index in [1.807, 2.05) is 28.4 Å². The lowest BCUT2D eigenvalue weighted by Gasteiger charge is -2.22. The number of carbonyl (C=O) groups excluding carboxylic acids is 1. The van der Waals surface area contributed by atoms with Crippen LogP contribution in [0.2, 0.25) is 0 Å². The average molecular weight is 392 g/mol. The number of nitrogens with zero attached hydrogens (tertiary/aromatic N) is 1. The number of carboxylic acid groups (broad SMARTS) is 1. The van der Waals surface area contributed by atoms with Gasteiger partial charge in [-0.15, -0.1) is 11.8 Å². The van der Waals surface area contributed by atoms with Crippen LogP contribution in [0.15, 0.2) is 11.5 Å². The summed E-state index contributed by atoms with van der Waals surface area (Å²) in [5.41, 5.74) is 0. The number of hydrogen-bond donors (Lipinski definition) is 1. The van der Waals surface area contributed by atoms with Crippen molar-refractivity contribution in [3.63, 3.8) is 0 Å². The number of unbranched alkanes of at least 4 members (excludes halogenated alkanes) is 1. The van der Waals surface area contributed by atoms with Crippen LogP contribution in [-0.4, -0.2) is 56.8 Å². The summed E-state index contributed by atoms with van der Waals surface area (Å²) >= 11 is 5.52. The predicted octanol–water partition coefficient (Wildman–Crippen LogP) is 4.31. The van der Waals surface area contributed by atoms with Crippen LogP contribution in [0.4, 0.5) is 0 Å². The molecule has 0 aromatic carbocycles. The number of hydrogen-bond acceptors (Lipinski definition) is 5. The molecule has 0 aliphatic carbocycles. The molecule has 1 N–H and O–H groups in total. The normalized spacial score (nSPS) is 18.0. The van der Waals surface area contributed by atoms with Crippen molar-refractivity contribution in [3.05, 3.63) is 11.5 Å². The molecule has 0 spiro atoms. The average Bonchev–Trinajstić information content (AvgIpc) is 2.90. The monoisotopic (exact) mass is 391 g/mol. The second kappa shape index (κ2) is 14.0. The molecule has 7 heteroatoms. The van der Waals surface area contributed by atoms with Gasteiger partial charge in [0.1, 0.15) is 0 Å². The van der Waals surface area contributed by atoms with Crippen molar-refractivity contribution in [1.82, 2.24) is 4.90 Å². The minimum Gasteiger partial charge on any atom is -0.481 e. The molecule has 24 heavy (non-hydrogen) atoms. The van der Waals surface area contributed by atoms with E-state index in [4.69, 9.17) is 5.11 Å². The molecule has 1 saturated heterocycles. The van der Waals surface area contributed by atoms with E-state index in [2.05, 4.69) is 18.4 Å². The Morgan fingerprint density at radius 3 is 2.83 bits per heavy atom. The van der Waals surface area contributed by atoms with Crippen LogP contribution in [-0.2, 0) is 9.59 Å². The van der Waals surface area contributed by atoms with Gasteiger partial charge in [-0.1, -0.05) is 19.4 Å². The summed E-state index contributed by atoms with van der Waals surface area (Å²) in [5, 5.41) is 11.8. The van der Waals surface area contributed by atoms with Crippen LogP contribution >= 0.6 is 35.3 Å². The van der Waals surface area contributed by atoms with Gasteiger partial charge in [-0.05, 0) is 36.2 Å². The molecular weight excluding hydrogens is 362 g/mol. The molecular formula is C17H29NO3S3. The zero-order valence-corrected chi connectivity index (χ0v) is 16.9. The molecule has 1 atom stereocenters. The lowest BCUT2D eigenvalue weighted by Crippen LogP contribution is -2.33. The van der Waals surface area contributed by atoms with E-state index in [0.29, 0.717) is 12.8 Å². The molecule has 1 amide bonds. The molecule has 138 valence electrons. The zero-order chi connectivity index (χ0) is 17.6. The summed E-state index contributed by atoms with van der Waals surface area (Å²) in [6.07, 6.45) is 7.20. The van der Waals surface area contributed by atoms with Crippen LogP contribution in [0.3, 0.4) is 0 Å². The minimum absolute atomic E-state index is 0.231. The third-order valence-electron chi connectivity index (χ3n) is 3.72. The van der Waals surface area contributed by atoms with Gasteiger partial charge >= 0.3 is 5.97 Å². The molecule has 1 rings (SSSR count). The Hall–Kier alpha value is -0.270. The van der Waals surface area contributed by atoms with Gasteiger partial charge in [0.05, 0.1) is 6.04 Å². The summed E-state index contributed by atoms with van der Waals surface area (Å²) in [7, 11) is 0. The maximum Gasteiger partial charge on any atom is 0.303 e. The van der Waals surface area contributed by atoms with Gasteiger partial charge in [-0.2, -0.15) is 23.5 Å². The van der Waals surface area contributed by atoms with Crippen LogP contribution < -0.4 is 0 Å². The van der Waals surface area contributed by atoms with Crippen molar-refractivity contribution < 1.29 is 14.7 Å². The van der Waals surface area contributed by atoms with Gasteiger partial charge in [-0.25, -0.2) is 0 Å². The van der Waals surface area contributed by atoms with Crippen molar-refractivity contribution >= 4 is 47.2 Å². The summed E-state index contributed by atoms with van der Waals surface area (Å²) in [5.74, 6) is 2.47. The van der Waals surface area contributed by atoms with E-state index >= 15 is 0 Å². The first-order valence-corrected chi connectivity index (χ1v) is 12.0. The van der Waals surface area contributed by atoms with Gasteiger partial charge in [0.15, 0.2) is 0 Å². The Labute approximate surface area is 158 Å². The van der Waals surface area contributed by atoms with Crippen LogP contribution in [0.1, 0.15) is 45.4 Å². The second-order valence-electron chi connectivity index (χ2n) is 5.68. The molecule has 0 aromatic heterocycles. The second-order valence-corrected chi connectivity index (χ2v) is 9.27. The van der Waals surface area contributed by atoms with Gasteiger partial charge in [-0.3, -0.25) is 9.59 Å². The van der Waals surface area contributed by atoms with E-state index in [9.17, 15) is 9.59 Å². The fourth-order valence-electron chi connectivity index (χ4n) is 2.38. The summed E-state index contributed by atoms with van der Waals surface area (Å²) < 4.78 is 0. The largest absolute Gasteiger partial charge is 0.481 e. The standard InChI is InChI=1S/C17H29NO3S3/c1-2-3-10-23-14-24-12-8-15-6-7-16(19)18(15)9-13-22-11-4-5-17(20)21/h8,12,15H,2-7,9-11,13-14H2,1H3,(H,20,21)/b12-8+/t15-/m1/s1. The maximum absolute atomic E-state index is 12.0. The van der Waals surface area contributed by atoms with E-state index in [1.54, 1.807) is 11.8 Å². The molecule has 1 aliphatic heterocycles. The van der Waals surface area contributed by atoms with Gasteiger partial charge in [0.2, 0.25) is 5.91 Å². The summed E-state index contributed by atoms with van der Waals surface area (Å²) in [4.78, 5) is 24.4. The Balaban J connectivity index is 2.17. The number of carbonyl (C=O) groups is 2. The topological polar surface area (TPSA) is 57.6 Å². The fraction of sp³-hybridized carbons (Fsp3) is 0.765. The number of carboxylic acids is 1. The Morgan fingerprint density at radius 2 is 2.08 bits per heavy atom. The third-order valence-corrected chi connectivity index (χ3v) is 6.91. The number of thioether (sulfide) groups is 3. The van der Waals surface area contributed by atoms with Gasteiger partial charge in [0, 0.05) is 30.2 Å². The molecule has 1 fully saturated rings. The molecule has 1 aliphatic rings. The highest BCUT2D eigenvalue weighted by Crippen LogP contribution is 2.22. The maximum atomic E-state index is 12.0. The number of aliphatic carboxylic acids is 1. The predicted molar refractivity (Wildman–Crippen MR) is 108 cm³/mol. The number of amides is 1. The molecule has 0 saturated carbocycles. The molecule has 1 heterocycles. The van der Waals surface area contributed by atoms with Crippen LogP contribution in [0, 0.1) is 0 Å². The molecule has 0 aromatic rings. The molecule has 0 bridgehead atoms. The Bertz CT molecular complexity index is 405. The van der Waals surface area contributed by atoms with Crippen LogP contribution in [0.25, 0.3) is 0 Å². The van der Waals surface area contributed by atoms with Gasteiger partial charge < -0.3 is 10.0 Å². The number of rotatable bonds is 14. The fourth-order valence-corrected chi connectivity index (χ4v) is 5.21. The third kappa shape index (κ3) is 9.89. The van der Waals surface area contributed by atoms with E-state index in [-0.39, 0.29) is 18.4 Å². The first-order valence-electron chi connectivity index (χ1n) is 8.60. The van der Waals surface area contributed by atoms with E-state index < -0.39 is 5.97 Å². The van der Waals surface area contributed by atoms with Crippen molar-refractivity contribution in [1.29, 1.82) is 0 Å². The highest BCUT2D eigenvalue weighted by Gasteiger charge is 2.28. The van der Waals surface area contributed by atoms with E-state index in [1.165, 1.54) is 18.6 Å². The highest BCUT2D eigenvalue weighted by atomic mass is 32.2. The smallest absolute Gasteiger partial charge is 0.303 e. The van der Waals surface area contributed by atoms with E-state index in [0.717, 1.165) is 29.6 Å². The SMILES string of the molecule is CCCCSCS/C=C/[C@H]1CCC(=O)N1CCSCCCC(=O)O. The van der Waals surface area contributed by atoms with Crippen molar-refractivity contribution in [2.75, 3.05) is 28.9 Å². The quantitative estimate of drug-likeness (QED) is 0.352. The first-order chi connectivity index (χ1) is 11.6. The lowest BCUT2D eigenvalue weighted by molar-refractivity contribution is -0.137. The lowest BCUT2D eigenvalue weighted by atomic mass is 10.2. The zero-order valence-electron chi connectivity index (χ0n) is 14.4. The molecule has 0 unspecified atom stereocenters. The van der Waals surface area contributed by atoms with Crippen molar-refractivity contribution in [3.8, 4) is 0 Å². The Kier molecular flexibility index (Phi) is 12.7. The molecule has 4 nitrogen and oxygen atoms in total. The minimum atomic E-state index is -0.735. The van der Waals surface area contributed by atoms with Gasteiger partial charge in [0.25, 0.3) is 0 Å². The van der Waals surface area contributed by atoms with Crippen molar-refractivity contribution in [2.24, 2.45) is 0 Å². The summed E-state index contributed by atoms with van der Waals surface area (Å²) in [6, 6.07) is 0.241. The Morgan fingerprint density at radius 1 is 1.29 bits per heavy atom. The summed E-state index contributed by atoms with van der Waals surface area (Å²) in [6.45, 7) is 2.98.